The van der Waals surface area contributed by atoms with Crippen molar-refractivity contribution in [2.75, 3.05) is 0 Å². The Kier molecular flexibility index (Phi) is 4.04. The summed E-state index contributed by atoms with van der Waals surface area (Å²) in [6.45, 7) is 0.513. The van der Waals surface area contributed by atoms with Crippen molar-refractivity contribution >= 4 is 17.7 Å². The number of carbonyl (C=O) groups excluding carboxylic acids is 1. The fraction of sp³-hybridized carbons (Fsp3) is 0.471. The van der Waals surface area contributed by atoms with Crippen LogP contribution in [0.2, 0.25) is 0 Å². The van der Waals surface area contributed by atoms with E-state index in [0.717, 1.165) is 42.2 Å². The molecule has 0 unspecified atom stereocenters. The van der Waals surface area contributed by atoms with Crippen LogP contribution in [0.15, 0.2) is 23.4 Å². The molecule has 2 aliphatic rings. The average Bonchev–Trinajstić information content (AvgIpc) is 3.21. The Labute approximate surface area is 143 Å². The summed E-state index contributed by atoms with van der Waals surface area (Å²) in [5.41, 5.74) is 7.56. The Hall–Kier alpha value is -1.89. The molecule has 4 rings (SSSR count). The molecule has 2 N–H and O–H groups in total. The van der Waals surface area contributed by atoms with Crippen LogP contribution in [-0.4, -0.2) is 20.7 Å². The molecule has 1 aromatic carbocycles. The van der Waals surface area contributed by atoms with E-state index >= 15 is 0 Å². The van der Waals surface area contributed by atoms with Gasteiger partial charge in [-0.05, 0) is 48.9 Å². The van der Waals surface area contributed by atoms with E-state index in [0.29, 0.717) is 12.5 Å². The number of hydrogen-bond acceptors (Lipinski definition) is 4. The maximum atomic E-state index is 13.6. The first kappa shape index (κ1) is 15.6. The maximum absolute atomic E-state index is 13.6. The number of amides is 1. The van der Waals surface area contributed by atoms with Gasteiger partial charge in [0.2, 0.25) is 5.91 Å². The molecule has 1 amide bonds. The molecular weight excluding hydrogens is 327 g/mol. The van der Waals surface area contributed by atoms with Crippen molar-refractivity contribution in [3.8, 4) is 0 Å². The number of aryl methyl sites for hydroxylation is 1. The Morgan fingerprint density at radius 1 is 1.33 bits per heavy atom. The number of nitrogens with zero attached hydrogens (tertiary/aromatic N) is 3. The molecule has 0 spiro atoms. The number of thioether (sulfide) groups is 1. The first-order valence-corrected chi connectivity index (χ1v) is 9.16. The number of rotatable bonds is 6. The summed E-state index contributed by atoms with van der Waals surface area (Å²) in [5, 5.41) is 9.67. The van der Waals surface area contributed by atoms with Gasteiger partial charge in [0.15, 0.2) is 5.16 Å². The topological polar surface area (TPSA) is 73.8 Å². The third-order valence-electron chi connectivity index (χ3n) is 4.65. The standard InChI is InChI=1S/C17H19FN4OS/c18-12-5-3-10-4-6-14(13(10)9-12)24-17-21-20-16(11-1-2-11)22(17)8-7-15(19)23/h3,5,9,11,14H,1-2,4,6-8H2,(H2,19,23)/t14-/m1/s1. The monoisotopic (exact) mass is 346 g/mol. The van der Waals surface area contributed by atoms with Crippen molar-refractivity contribution in [3.05, 3.63) is 41.0 Å². The molecule has 0 bridgehead atoms. The van der Waals surface area contributed by atoms with Gasteiger partial charge < -0.3 is 10.3 Å². The van der Waals surface area contributed by atoms with Crippen LogP contribution in [0.25, 0.3) is 0 Å². The van der Waals surface area contributed by atoms with E-state index in [-0.39, 0.29) is 23.4 Å². The van der Waals surface area contributed by atoms with Crippen molar-refractivity contribution < 1.29 is 9.18 Å². The lowest BCUT2D eigenvalue weighted by molar-refractivity contribution is -0.118. The fourth-order valence-corrected chi connectivity index (χ4v) is 4.48. The first-order chi connectivity index (χ1) is 11.6. The van der Waals surface area contributed by atoms with Crippen LogP contribution in [0.5, 0.6) is 0 Å². The van der Waals surface area contributed by atoms with Crippen molar-refractivity contribution in [1.29, 1.82) is 0 Å². The number of primary amides is 1. The normalized spacial score (nSPS) is 19.5. The lowest BCUT2D eigenvalue weighted by Gasteiger charge is -2.13. The summed E-state index contributed by atoms with van der Waals surface area (Å²) in [7, 11) is 0. The SMILES string of the molecule is NC(=O)CCn1c(S[C@@H]2CCc3ccc(F)cc32)nnc1C1CC1. The highest BCUT2D eigenvalue weighted by atomic mass is 32.2. The molecule has 1 fully saturated rings. The van der Waals surface area contributed by atoms with Gasteiger partial charge in [0.25, 0.3) is 0 Å². The van der Waals surface area contributed by atoms with Gasteiger partial charge in [-0.15, -0.1) is 10.2 Å². The molecule has 5 nitrogen and oxygen atoms in total. The van der Waals surface area contributed by atoms with E-state index in [1.807, 2.05) is 10.6 Å². The minimum Gasteiger partial charge on any atom is -0.370 e. The largest absolute Gasteiger partial charge is 0.370 e. The smallest absolute Gasteiger partial charge is 0.219 e. The molecular formula is C17H19FN4OS. The zero-order valence-corrected chi connectivity index (χ0v) is 14.1. The molecule has 0 aliphatic heterocycles. The molecule has 1 heterocycles. The second-order valence-corrected chi connectivity index (χ2v) is 7.64. The van der Waals surface area contributed by atoms with E-state index in [1.165, 1.54) is 11.6 Å². The highest BCUT2D eigenvalue weighted by Crippen LogP contribution is 2.46. The maximum Gasteiger partial charge on any atom is 0.219 e. The Balaban J connectivity index is 1.59. The van der Waals surface area contributed by atoms with Crippen LogP contribution in [0.1, 0.15) is 53.8 Å². The van der Waals surface area contributed by atoms with E-state index in [2.05, 4.69) is 10.2 Å². The van der Waals surface area contributed by atoms with Crippen molar-refractivity contribution in [1.82, 2.24) is 14.8 Å². The molecule has 7 heteroatoms. The third-order valence-corrected chi connectivity index (χ3v) is 5.94. The van der Waals surface area contributed by atoms with Gasteiger partial charge in [0.05, 0.1) is 0 Å². The molecule has 2 aliphatic carbocycles. The molecule has 0 radical (unpaired) electrons. The second-order valence-electron chi connectivity index (χ2n) is 6.47. The third kappa shape index (κ3) is 3.05. The minimum absolute atomic E-state index is 0.180. The van der Waals surface area contributed by atoms with Crippen LogP contribution in [0.3, 0.4) is 0 Å². The predicted octanol–water partition coefficient (Wildman–Crippen LogP) is 2.95. The number of halogens is 1. The van der Waals surface area contributed by atoms with Gasteiger partial charge in [0.1, 0.15) is 11.6 Å². The highest BCUT2D eigenvalue weighted by molar-refractivity contribution is 7.99. The summed E-state index contributed by atoms with van der Waals surface area (Å²) in [6.07, 6.45) is 4.44. The molecule has 0 saturated heterocycles. The summed E-state index contributed by atoms with van der Waals surface area (Å²) < 4.78 is 15.6. The fourth-order valence-electron chi connectivity index (χ4n) is 3.25. The molecule has 1 atom stereocenters. The number of nitrogens with two attached hydrogens (primary N) is 1. The molecule has 24 heavy (non-hydrogen) atoms. The molecule has 126 valence electrons. The van der Waals surface area contributed by atoms with Crippen LogP contribution in [-0.2, 0) is 17.8 Å². The Morgan fingerprint density at radius 3 is 2.92 bits per heavy atom. The number of aromatic nitrogens is 3. The van der Waals surface area contributed by atoms with E-state index in [1.54, 1.807) is 17.8 Å². The quantitative estimate of drug-likeness (QED) is 0.873. The predicted molar refractivity (Wildman–Crippen MR) is 89.1 cm³/mol. The summed E-state index contributed by atoms with van der Waals surface area (Å²) in [5.74, 6) is 0.883. The zero-order chi connectivity index (χ0) is 16.7. The lowest BCUT2D eigenvalue weighted by Crippen LogP contribution is -2.15. The Bertz CT molecular complexity index is 787. The number of benzene rings is 1. The highest BCUT2D eigenvalue weighted by Gasteiger charge is 2.32. The number of hydrogen-bond donors (Lipinski definition) is 1. The van der Waals surface area contributed by atoms with Gasteiger partial charge in [-0.25, -0.2) is 4.39 Å². The van der Waals surface area contributed by atoms with Gasteiger partial charge in [0, 0.05) is 24.1 Å². The van der Waals surface area contributed by atoms with Crippen LogP contribution in [0, 0.1) is 5.82 Å². The average molecular weight is 346 g/mol. The van der Waals surface area contributed by atoms with Crippen molar-refractivity contribution in [2.24, 2.45) is 5.73 Å². The summed E-state index contributed by atoms with van der Waals surface area (Å²) >= 11 is 1.62. The second kappa shape index (κ2) is 6.20. The van der Waals surface area contributed by atoms with Crippen LogP contribution in [0.4, 0.5) is 4.39 Å². The summed E-state index contributed by atoms with van der Waals surface area (Å²) in [4.78, 5) is 11.2. The minimum atomic E-state index is -0.324. The van der Waals surface area contributed by atoms with Gasteiger partial charge in [-0.1, -0.05) is 17.8 Å². The summed E-state index contributed by atoms with van der Waals surface area (Å²) in [6, 6.07) is 5.02. The van der Waals surface area contributed by atoms with Crippen LogP contribution < -0.4 is 5.73 Å². The molecule has 2 aromatic rings. The van der Waals surface area contributed by atoms with E-state index in [9.17, 15) is 9.18 Å². The Morgan fingerprint density at radius 2 is 2.17 bits per heavy atom. The number of carbonyl (C=O) groups is 1. The van der Waals surface area contributed by atoms with Gasteiger partial charge in [-0.2, -0.15) is 0 Å². The van der Waals surface area contributed by atoms with Crippen LogP contribution >= 0.6 is 11.8 Å². The molecule has 1 aromatic heterocycles. The lowest BCUT2D eigenvalue weighted by atomic mass is 10.1. The van der Waals surface area contributed by atoms with E-state index < -0.39 is 0 Å². The molecule has 1 saturated carbocycles. The number of fused-ring (bicyclic) bond motifs is 1. The zero-order valence-electron chi connectivity index (χ0n) is 13.2. The first-order valence-electron chi connectivity index (χ1n) is 8.28. The van der Waals surface area contributed by atoms with Crippen molar-refractivity contribution in [2.45, 2.75) is 55.0 Å². The van der Waals surface area contributed by atoms with Crippen molar-refractivity contribution in [3.63, 3.8) is 0 Å². The van der Waals surface area contributed by atoms with Gasteiger partial charge >= 0.3 is 0 Å². The van der Waals surface area contributed by atoms with E-state index in [4.69, 9.17) is 5.73 Å². The van der Waals surface area contributed by atoms with Gasteiger partial charge in [-0.3, -0.25) is 4.79 Å².